The van der Waals surface area contributed by atoms with Crippen LogP contribution in [-0.2, 0) is 10.0 Å². The molecule has 2 aromatic rings. The van der Waals surface area contributed by atoms with Gasteiger partial charge in [-0.1, -0.05) is 0 Å². The van der Waals surface area contributed by atoms with Gasteiger partial charge in [-0.15, -0.1) is 0 Å². The molecular formula is C16H19F3N4O3S. The molecule has 0 aromatic carbocycles. The number of sulfonamides is 1. The average molecular weight is 404 g/mol. The molecule has 0 aliphatic carbocycles. The second-order valence-electron chi connectivity index (χ2n) is 6.35. The van der Waals surface area contributed by atoms with Crippen LogP contribution in [0.15, 0.2) is 30.5 Å². The fourth-order valence-corrected chi connectivity index (χ4v) is 3.84. The summed E-state index contributed by atoms with van der Waals surface area (Å²) < 4.78 is 63.2. The number of piperazine rings is 1. The highest BCUT2D eigenvalue weighted by Crippen LogP contribution is 2.22. The first kappa shape index (κ1) is 19.5. The van der Waals surface area contributed by atoms with E-state index in [2.05, 4.69) is 0 Å². The van der Waals surface area contributed by atoms with E-state index in [0.717, 1.165) is 11.3 Å². The first-order chi connectivity index (χ1) is 12.5. The molecular weight excluding hydrogens is 385 g/mol. The number of nitrogens with one attached hydrogen (secondary N) is 1. The van der Waals surface area contributed by atoms with E-state index < -0.39 is 28.7 Å². The summed E-state index contributed by atoms with van der Waals surface area (Å²) in [5, 5.41) is 1.85. The summed E-state index contributed by atoms with van der Waals surface area (Å²) >= 11 is 0. The Morgan fingerprint density at radius 1 is 1.11 bits per heavy atom. The number of carbonyl (C=O) groups is 1. The summed E-state index contributed by atoms with van der Waals surface area (Å²) in [5.74, 6) is -0.0561. The van der Waals surface area contributed by atoms with E-state index in [0.29, 0.717) is 26.2 Å². The topological polar surface area (TPSA) is 74.1 Å². The van der Waals surface area contributed by atoms with E-state index in [-0.39, 0.29) is 5.56 Å². The van der Waals surface area contributed by atoms with Gasteiger partial charge in [0, 0.05) is 37.9 Å². The Balaban J connectivity index is 1.79. The molecule has 0 bridgehead atoms. The zero-order valence-electron chi connectivity index (χ0n) is 14.5. The number of alkyl halides is 3. The molecule has 0 atom stereocenters. The molecule has 1 fully saturated rings. The van der Waals surface area contributed by atoms with Gasteiger partial charge in [-0.2, -0.15) is 17.5 Å². The quantitative estimate of drug-likeness (QED) is 0.834. The Bertz CT molecular complexity index is 947. The standard InChI is InChI=1S/C16H19F3N4O3S/c1-27(25,26)22-8-6-21(7-9-22)14-5-4-13-3-2-12(10-23(13)14)15(24)20-11-16(17,18)19/h2-5,10H,6-9,11H2,1H3,(H,20,24). The number of halogens is 3. The van der Waals surface area contributed by atoms with Crippen molar-refractivity contribution in [1.29, 1.82) is 0 Å². The number of aromatic nitrogens is 1. The van der Waals surface area contributed by atoms with Gasteiger partial charge < -0.3 is 14.6 Å². The maximum atomic E-state index is 12.3. The number of hydrogen-bond donors (Lipinski definition) is 1. The van der Waals surface area contributed by atoms with Gasteiger partial charge in [0.1, 0.15) is 12.4 Å². The van der Waals surface area contributed by atoms with Crippen molar-refractivity contribution in [3.63, 3.8) is 0 Å². The molecule has 0 radical (unpaired) electrons. The molecule has 1 amide bonds. The minimum Gasteiger partial charge on any atom is -0.355 e. The van der Waals surface area contributed by atoms with E-state index >= 15 is 0 Å². The predicted octanol–water partition coefficient (Wildman–Crippen LogP) is 1.31. The Labute approximate surface area is 154 Å². The molecule has 27 heavy (non-hydrogen) atoms. The lowest BCUT2D eigenvalue weighted by atomic mass is 10.2. The third-order valence-corrected chi connectivity index (χ3v) is 5.68. The molecule has 148 valence electrons. The summed E-state index contributed by atoms with van der Waals surface area (Å²) in [5.41, 5.74) is 0.891. The Kier molecular flexibility index (Phi) is 5.08. The maximum absolute atomic E-state index is 12.3. The van der Waals surface area contributed by atoms with Gasteiger partial charge in [0.25, 0.3) is 5.91 Å². The summed E-state index contributed by atoms with van der Waals surface area (Å²) in [6, 6.07) is 6.78. The van der Waals surface area contributed by atoms with Crippen LogP contribution < -0.4 is 10.2 Å². The molecule has 0 saturated carbocycles. The van der Waals surface area contributed by atoms with Crippen LogP contribution in [0.25, 0.3) is 5.52 Å². The Hall–Kier alpha value is -2.27. The Morgan fingerprint density at radius 2 is 1.74 bits per heavy atom. The second-order valence-corrected chi connectivity index (χ2v) is 8.33. The number of rotatable bonds is 4. The van der Waals surface area contributed by atoms with Crippen LogP contribution in [0.1, 0.15) is 10.4 Å². The number of pyridine rings is 1. The molecule has 1 aliphatic rings. The fraction of sp³-hybridized carbons (Fsp3) is 0.438. The minimum absolute atomic E-state index is 0.110. The number of nitrogens with zero attached hydrogens (tertiary/aromatic N) is 3. The highest BCUT2D eigenvalue weighted by molar-refractivity contribution is 7.88. The molecule has 7 nitrogen and oxygen atoms in total. The first-order valence-electron chi connectivity index (χ1n) is 8.21. The zero-order valence-corrected chi connectivity index (χ0v) is 15.3. The monoisotopic (exact) mass is 404 g/mol. The largest absolute Gasteiger partial charge is 0.405 e. The Morgan fingerprint density at radius 3 is 2.33 bits per heavy atom. The summed E-state index contributed by atoms with van der Waals surface area (Å²) in [6.45, 7) is 0.249. The zero-order chi connectivity index (χ0) is 19.8. The average Bonchev–Trinajstić information content (AvgIpc) is 3.01. The molecule has 2 aromatic heterocycles. The van der Waals surface area contributed by atoms with Gasteiger partial charge >= 0.3 is 6.18 Å². The van der Waals surface area contributed by atoms with E-state index in [9.17, 15) is 26.4 Å². The number of carbonyl (C=O) groups excluding carboxylic acids is 1. The maximum Gasteiger partial charge on any atom is 0.405 e. The van der Waals surface area contributed by atoms with Gasteiger partial charge in [-0.3, -0.25) is 4.79 Å². The van der Waals surface area contributed by atoms with Gasteiger partial charge in [-0.05, 0) is 24.3 Å². The van der Waals surface area contributed by atoms with Crippen molar-refractivity contribution in [2.45, 2.75) is 6.18 Å². The third-order valence-electron chi connectivity index (χ3n) is 4.37. The van der Waals surface area contributed by atoms with Gasteiger partial charge in [0.2, 0.25) is 10.0 Å². The van der Waals surface area contributed by atoms with E-state index in [1.807, 2.05) is 22.3 Å². The van der Waals surface area contributed by atoms with Crippen molar-refractivity contribution in [1.82, 2.24) is 14.0 Å². The lowest BCUT2D eigenvalue weighted by Crippen LogP contribution is -2.48. The van der Waals surface area contributed by atoms with Crippen LogP contribution in [0.3, 0.4) is 0 Å². The van der Waals surface area contributed by atoms with Crippen LogP contribution in [0.2, 0.25) is 0 Å². The summed E-state index contributed by atoms with van der Waals surface area (Å²) in [7, 11) is -3.24. The first-order valence-corrected chi connectivity index (χ1v) is 10.1. The second kappa shape index (κ2) is 7.04. The predicted molar refractivity (Wildman–Crippen MR) is 94.4 cm³/mol. The minimum atomic E-state index is -4.47. The number of hydrogen-bond acceptors (Lipinski definition) is 4. The van der Waals surface area contributed by atoms with Crippen molar-refractivity contribution in [2.24, 2.45) is 0 Å². The van der Waals surface area contributed by atoms with Crippen LogP contribution >= 0.6 is 0 Å². The van der Waals surface area contributed by atoms with Crippen LogP contribution in [0.5, 0.6) is 0 Å². The van der Waals surface area contributed by atoms with Crippen LogP contribution in [0.4, 0.5) is 19.0 Å². The summed E-state index contributed by atoms with van der Waals surface area (Å²) in [6.07, 6.45) is -1.82. The molecule has 11 heteroatoms. The highest BCUT2D eigenvalue weighted by Gasteiger charge is 2.28. The number of amides is 1. The SMILES string of the molecule is CS(=O)(=O)N1CCN(c2ccc3ccc(C(=O)NCC(F)(F)F)cn23)CC1. The number of anilines is 1. The van der Waals surface area contributed by atoms with E-state index in [1.54, 1.807) is 10.5 Å². The van der Waals surface area contributed by atoms with Crippen molar-refractivity contribution >= 4 is 27.3 Å². The lowest BCUT2D eigenvalue weighted by molar-refractivity contribution is -0.123. The fourth-order valence-electron chi connectivity index (χ4n) is 3.01. The van der Waals surface area contributed by atoms with Crippen molar-refractivity contribution in [2.75, 3.05) is 43.9 Å². The summed E-state index contributed by atoms with van der Waals surface area (Å²) in [4.78, 5) is 14.0. The van der Waals surface area contributed by atoms with Crippen molar-refractivity contribution in [3.8, 4) is 0 Å². The molecule has 0 unspecified atom stereocenters. The molecule has 1 aliphatic heterocycles. The van der Waals surface area contributed by atoms with Crippen molar-refractivity contribution in [3.05, 3.63) is 36.0 Å². The molecule has 1 saturated heterocycles. The molecule has 3 heterocycles. The van der Waals surface area contributed by atoms with Gasteiger partial charge in [-0.25, -0.2) is 8.42 Å². The lowest BCUT2D eigenvalue weighted by Gasteiger charge is -2.34. The van der Waals surface area contributed by atoms with E-state index in [1.165, 1.54) is 22.8 Å². The van der Waals surface area contributed by atoms with Gasteiger partial charge in [0.05, 0.1) is 11.8 Å². The van der Waals surface area contributed by atoms with Crippen LogP contribution in [-0.4, -0.2) is 68.2 Å². The van der Waals surface area contributed by atoms with E-state index in [4.69, 9.17) is 0 Å². The third kappa shape index (κ3) is 4.53. The van der Waals surface area contributed by atoms with Crippen LogP contribution in [0, 0.1) is 0 Å². The highest BCUT2D eigenvalue weighted by atomic mass is 32.2. The normalized spacial score (nSPS) is 16.7. The molecule has 1 N–H and O–H groups in total. The number of fused-ring (bicyclic) bond motifs is 1. The smallest absolute Gasteiger partial charge is 0.355 e. The van der Waals surface area contributed by atoms with Crippen molar-refractivity contribution < 1.29 is 26.4 Å². The molecule has 3 rings (SSSR count). The van der Waals surface area contributed by atoms with Gasteiger partial charge in [0.15, 0.2) is 0 Å². The molecule has 0 spiro atoms.